The minimum atomic E-state index is -0.554. The van der Waals surface area contributed by atoms with Crippen LogP contribution < -0.4 is 0 Å². The van der Waals surface area contributed by atoms with Crippen LogP contribution in [-0.2, 0) is 4.74 Å². The van der Waals surface area contributed by atoms with Gasteiger partial charge < -0.3 is 14.7 Å². The number of aliphatic hydroxyl groups is 1. The molecule has 1 heterocycles. The van der Waals surface area contributed by atoms with E-state index in [0.717, 1.165) is 6.42 Å². The highest BCUT2D eigenvalue weighted by Gasteiger charge is 2.33. The zero-order chi connectivity index (χ0) is 16.5. The minimum absolute atomic E-state index is 0.0820. The Hall–Kier alpha value is -1.55. The number of rotatable bonds is 1. The Kier molecular flexibility index (Phi) is 4.81. The molecule has 22 heavy (non-hydrogen) atoms. The van der Waals surface area contributed by atoms with Gasteiger partial charge in [0.15, 0.2) is 0 Å². The largest absolute Gasteiger partial charge is 0.444 e. The van der Waals surface area contributed by atoms with Gasteiger partial charge in [-0.1, -0.05) is 23.8 Å². The molecule has 1 aromatic carbocycles. The van der Waals surface area contributed by atoms with Gasteiger partial charge in [0.1, 0.15) is 5.60 Å². The molecule has 4 nitrogen and oxygen atoms in total. The lowest BCUT2D eigenvalue weighted by atomic mass is 9.84. The van der Waals surface area contributed by atoms with Crippen molar-refractivity contribution in [2.45, 2.75) is 58.7 Å². The highest BCUT2D eigenvalue weighted by atomic mass is 16.6. The average Bonchev–Trinajstić information content (AvgIpc) is 2.40. The molecule has 1 N–H and O–H groups in total. The van der Waals surface area contributed by atoms with E-state index in [4.69, 9.17) is 4.74 Å². The maximum Gasteiger partial charge on any atom is 0.410 e. The van der Waals surface area contributed by atoms with Gasteiger partial charge in [0, 0.05) is 12.5 Å². The molecule has 1 fully saturated rings. The fourth-order valence-corrected chi connectivity index (χ4v) is 2.95. The van der Waals surface area contributed by atoms with Crippen molar-refractivity contribution in [2.24, 2.45) is 0 Å². The van der Waals surface area contributed by atoms with E-state index in [-0.39, 0.29) is 12.0 Å². The summed E-state index contributed by atoms with van der Waals surface area (Å²) in [7, 11) is 0. The number of nitrogens with zero attached hydrogens (tertiary/aromatic N) is 1. The summed E-state index contributed by atoms with van der Waals surface area (Å²) in [4.78, 5) is 13.7. The summed E-state index contributed by atoms with van der Waals surface area (Å²) in [5, 5.41) is 10.5. The molecule has 1 aliphatic heterocycles. The van der Waals surface area contributed by atoms with Gasteiger partial charge in [-0.05, 0) is 52.2 Å². The smallest absolute Gasteiger partial charge is 0.410 e. The predicted molar refractivity (Wildman–Crippen MR) is 87.1 cm³/mol. The van der Waals surface area contributed by atoms with Crippen LogP contribution in [0.4, 0.5) is 4.79 Å². The van der Waals surface area contributed by atoms with Gasteiger partial charge in [0.2, 0.25) is 0 Å². The zero-order valence-electron chi connectivity index (χ0n) is 14.2. The van der Waals surface area contributed by atoms with Crippen molar-refractivity contribution in [3.05, 3.63) is 34.9 Å². The second-order valence-electron chi connectivity index (χ2n) is 7.25. The third-order valence-electron chi connectivity index (χ3n) is 4.07. The summed E-state index contributed by atoms with van der Waals surface area (Å²) in [5.41, 5.74) is 3.07. The first-order valence-corrected chi connectivity index (χ1v) is 7.90. The maximum absolute atomic E-state index is 12.1. The number of piperidine rings is 1. The second kappa shape index (κ2) is 6.29. The number of amides is 1. The molecule has 0 unspecified atom stereocenters. The van der Waals surface area contributed by atoms with E-state index >= 15 is 0 Å². The van der Waals surface area contributed by atoms with E-state index in [0.29, 0.717) is 13.1 Å². The van der Waals surface area contributed by atoms with Crippen LogP contribution in [0.25, 0.3) is 0 Å². The van der Waals surface area contributed by atoms with Crippen LogP contribution in [0.5, 0.6) is 0 Å². The Morgan fingerprint density at radius 3 is 2.59 bits per heavy atom. The predicted octanol–water partition coefficient (Wildman–Crippen LogP) is 3.39. The number of hydrogen-bond donors (Lipinski definition) is 1. The van der Waals surface area contributed by atoms with E-state index in [1.807, 2.05) is 20.8 Å². The SMILES string of the molecule is Cc1ccc(C)c([C@H]2CCN(C(=O)OC(C)(C)C)C[C@@H]2O)c1. The topological polar surface area (TPSA) is 49.8 Å². The number of hydrogen-bond acceptors (Lipinski definition) is 3. The minimum Gasteiger partial charge on any atom is -0.444 e. The fourth-order valence-electron chi connectivity index (χ4n) is 2.95. The van der Waals surface area contributed by atoms with Gasteiger partial charge in [0.05, 0.1) is 12.6 Å². The third kappa shape index (κ3) is 4.01. The molecular formula is C18H27NO3. The summed E-state index contributed by atoms with van der Waals surface area (Å²) in [6.07, 6.45) is -0.141. The first-order chi connectivity index (χ1) is 10.2. The number of likely N-dealkylation sites (tertiary alicyclic amines) is 1. The first-order valence-electron chi connectivity index (χ1n) is 7.90. The van der Waals surface area contributed by atoms with Crippen molar-refractivity contribution >= 4 is 6.09 Å². The van der Waals surface area contributed by atoms with Gasteiger partial charge in [-0.25, -0.2) is 4.79 Å². The van der Waals surface area contributed by atoms with E-state index in [1.54, 1.807) is 4.90 Å². The molecule has 1 aliphatic rings. The number of carbonyl (C=O) groups excluding carboxylic acids is 1. The molecule has 0 radical (unpaired) electrons. The molecule has 1 aromatic rings. The van der Waals surface area contributed by atoms with Gasteiger partial charge >= 0.3 is 6.09 Å². The number of β-amino-alcohol motifs (C(OH)–C–C–N with tert-alkyl or cyclic N) is 1. The average molecular weight is 305 g/mol. The summed E-state index contributed by atoms with van der Waals surface area (Å²) in [5.74, 6) is 0.0820. The number of aliphatic hydroxyl groups excluding tert-OH is 1. The van der Waals surface area contributed by atoms with Gasteiger partial charge in [-0.2, -0.15) is 0 Å². The Morgan fingerprint density at radius 1 is 1.32 bits per heavy atom. The molecule has 0 saturated carbocycles. The Labute approximate surface area is 133 Å². The molecule has 122 valence electrons. The van der Waals surface area contributed by atoms with E-state index in [9.17, 15) is 9.90 Å². The summed E-state index contributed by atoms with van der Waals surface area (Å²) >= 11 is 0. The molecule has 0 bridgehead atoms. The Balaban J connectivity index is 2.07. The van der Waals surface area contributed by atoms with Crippen molar-refractivity contribution in [1.82, 2.24) is 4.90 Å². The number of carbonyl (C=O) groups is 1. The van der Waals surface area contributed by atoms with Crippen molar-refractivity contribution < 1.29 is 14.6 Å². The molecular weight excluding hydrogens is 278 g/mol. The van der Waals surface area contributed by atoms with E-state index in [1.165, 1.54) is 16.7 Å². The van der Waals surface area contributed by atoms with Crippen molar-refractivity contribution in [1.29, 1.82) is 0 Å². The van der Waals surface area contributed by atoms with Crippen LogP contribution in [0.2, 0.25) is 0 Å². The number of benzene rings is 1. The monoisotopic (exact) mass is 305 g/mol. The van der Waals surface area contributed by atoms with Crippen LogP contribution in [0.1, 0.15) is 49.8 Å². The first kappa shape index (κ1) is 16.8. The van der Waals surface area contributed by atoms with Crippen molar-refractivity contribution in [3.63, 3.8) is 0 Å². The Morgan fingerprint density at radius 2 is 2.00 bits per heavy atom. The van der Waals surface area contributed by atoms with Crippen LogP contribution in [0.3, 0.4) is 0 Å². The van der Waals surface area contributed by atoms with Crippen LogP contribution >= 0.6 is 0 Å². The lowest BCUT2D eigenvalue weighted by molar-refractivity contribution is -0.00157. The van der Waals surface area contributed by atoms with E-state index in [2.05, 4.69) is 32.0 Å². The lowest BCUT2D eigenvalue weighted by Gasteiger charge is -2.37. The highest BCUT2D eigenvalue weighted by molar-refractivity contribution is 5.68. The van der Waals surface area contributed by atoms with Gasteiger partial charge in [0.25, 0.3) is 0 Å². The lowest BCUT2D eigenvalue weighted by Crippen LogP contribution is -2.47. The number of aryl methyl sites for hydroxylation is 2. The second-order valence-corrected chi connectivity index (χ2v) is 7.25. The summed E-state index contributed by atoms with van der Waals surface area (Å²) in [6, 6.07) is 6.32. The van der Waals surface area contributed by atoms with Gasteiger partial charge in [-0.3, -0.25) is 0 Å². The fraction of sp³-hybridized carbons (Fsp3) is 0.611. The zero-order valence-corrected chi connectivity index (χ0v) is 14.2. The molecule has 2 atom stereocenters. The van der Waals surface area contributed by atoms with Crippen LogP contribution in [0.15, 0.2) is 18.2 Å². The molecule has 1 amide bonds. The Bertz CT molecular complexity index is 548. The highest BCUT2D eigenvalue weighted by Crippen LogP contribution is 2.31. The van der Waals surface area contributed by atoms with Crippen molar-refractivity contribution in [3.8, 4) is 0 Å². The van der Waals surface area contributed by atoms with Gasteiger partial charge in [-0.15, -0.1) is 0 Å². The van der Waals surface area contributed by atoms with E-state index < -0.39 is 11.7 Å². The summed E-state index contributed by atoms with van der Waals surface area (Å²) < 4.78 is 5.39. The molecule has 4 heteroatoms. The molecule has 2 rings (SSSR count). The standard InChI is InChI=1S/C18H27NO3/c1-12-6-7-13(2)15(10-12)14-8-9-19(11-16(14)20)17(21)22-18(3,4)5/h6-7,10,14,16,20H,8-9,11H2,1-5H3/t14-,16+/m1/s1. The maximum atomic E-state index is 12.1. The van der Waals surface area contributed by atoms with Crippen molar-refractivity contribution in [2.75, 3.05) is 13.1 Å². The summed E-state index contributed by atoms with van der Waals surface area (Å²) in [6.45, 7) is 10.6. The molecule has 0 aliphatic carbocycles. The third-order valence-corrected chi connectivity index (χ3v) is 4.07. The van der Waals surface area contributed by atoms with Crippen LogP contribution in [-0.4, -0.2) is 40.9 Å². The molecule has 0 spiro atoms. The van der Waals surface area contributed by atoms with Crippen LogP contribution in [0, 0.1) is 13.8 Å². The molecule has 1 saturated heterocycles. The molecule has 0 aromatic heterocycles. The quantitative estimate of drug-likeness (QED) is 0.865. The normalized spacial score (nSPS) is 22.5. The number of ether oxygens (including phenoxy) is 1.